The van der Waals surface area contributed by atoms with E-state index in [1.807, 2.05) is 0 Å². The molecule has 3 aliphatic heterocycles. The summed E-state index contributed by atoms with van der Waals surface area (Å²) < 4.78 is 2.06. The van der Waals surface area contributed by atoms with Crippen molar-refractivity contribution in [2.24, 2.45) is 5.92 Å². The summed E-state index contributed by atoms with van der Waals surface area (Å²) in [7, 11) is 0. The zero-order valence-corrected chi connectivity index (χ0v) is 11.3. The van der Waals surface area contributed by atoms with E-state index in [0.717, 1.165) is 38.4 Å². The van der Waals surface area contributed by atoms with Gasteiger partial charge in [-0.05, 0) is 43.9 Å². The van der Waals surface area contributed by atoms with Gasteiger partial charge in [-0.3, -0.25) is 4.79 Å². The first kappa shape index (κ1) is 11.5. The van der Waals surface area contributed by atoms with Gasteiger partial charge >= 0.3 is 0 Å². The number of anilines is 1. The van der Waals surface area contributed by atoms with Crippen LogP contribution in [-0.2, 0) is 6.54 Å². The molecule has 102 valence electrons. The summed E-state index contributed by atoms with van der Waals surface area (Å²) in [6.45, 7) is 5.08. The van der Waals surface area contributed by atoms with Crippen molar-refractivity contribution in [2.45, 2.75) is 31.7 Å². The highest BCUT2D eigenvalue weighted by Crippen LogP contribution is 2.32. The predicted molar refractivity (Wildman–Crippen MR) is 75.9 cm³/mol. The second-order valence-corrected chi connectivity index (χ2v) is 6.21. The fourth-order valence-electron chi connectivity index (χ4n) is 3.98. The first-order valence-electron chi connectivity index (χ1n) is 7.52. The molecular formula is C15H21N3O. The van der Waals surface area contributed by atoms with Crippen LogP contribution in [0.5, 0.6) is 0 Å². The molecule has 2 saturated heterocycles. The first-order valence-corrected chi connectivity index (χ1v) is 7.52. The highest BCUT2D eigenvalue weighted by molar-refractivity contribution is 5.46. The number of nitrogens with one attached hydrogen (secondary N) is 1. The van der Waals surface area contributed by atoms with E-state index in [1.165, 1.54) is 25.0 Å². The first-order chi connectivity index (χ1) is 9.33. The maximum absolute atomic E-state index is 12.7. The fraction of sp³-hybridized carbons (Fsp3) is 0.667. The van der Waals surface area contributed by atoms with E-state index in [1.54, 1.807) is 0 Å². The molecule has 1 aromatic heterocycles. The number of hydrogen-bond donors (Lipinski definition) is 1. The molecule has 0 amide bonds. The van der Waals surface area contributed by atoms with Crippen LogP contribution in [0.2, 0.25) is 0 Å². The van der Waals surface area contributed by atoms with Gasteiger partial charge in [0.2, 0.25) is 0 Å². The van der Waals surface area contributed by atoms with Gasteiger partial charge in [-0.1, -0.05) is 0 Å². The number of aromatic nitrogens is 1. The average molecular weight is 259 g/mol. The average Bonchev–Trinajstić information content (AvgIpc) is 2.94. The Hall–Kier alpha value is -1.29. The van der Waals surface area contributed by atoms with E-state index < -0.39 is 0 Å². The summed E-state index contributed by atoms with van der Waals surface area (Å²) in [4.78, 5) is 15.0. The Balaban J connectivity index is 1.78. The molecule has 2 fully saturated rings. The highest BCUT2D eigenvalue weighted by atomic mass is 16.1. The van der Waals surface area contributed by atoms with Gasteiger partial charge in [0.25, 0.3) is 5.56 Å². The van der Waals surface area contributed by atoms with Crippen molar-refractivity contribution in [1.29, 1.82) is 0 Å². The lowest BCUT2D eigenvalue weighted by Crippen LogP contribution is -2.45. The van der Waals surface area contributed by atoms with Crippen molar-refractivity contribution in [2.75, 3.05) is 31.1 Å². The topological polar surface area (TPSA) is 37.3 Å². The summed E-state index contributed by atoms with van der Waals surface area (Å²) >= 11 is 0. The van der Waals surface area contributed by atoms with Gasteiger partial charge in [0.05, 0.1) is 0 Å². The lowest BCUT2D eigenvalue weighted by atomic mass is 9.84. The Morgan fingerprint density at radius 1 is 1.16 bits per heavy atom. The van der Waals surface area contributed by atoms with E-state index in [0.29, 0.717) is 11.8 Å². The molecule has 4 heteroatoms. The summed E-state index contributed by atoms with van der Waals surface area (Å²) in [6.07, 6.45) is 3.68. The van der Waals surface area contributed by atoms with E-state index >= 15 is 0 Å². The second-order valence-electron chi connectivity index (χ2n) is 6.21. The number of fused-ring (bicyclic) bond motifs is 4. The minimum atomic E-state index is 0.246. The normalized spacial score (nSPS) is 29.4. The zero-order chi connectivity index (χ0) is 12.8. The monoisotopic (exact) mass is 259 g/mol. The second kappa shape index (κ2) is 4.37. The smallest absolute Gasteiger partial charge is 0.274 e. The lowest BCUT2D eigenvalue weighted by Gasteiger charge is -2.38. The van der Waals surface area contributed by atoms with Crippen LogP contribution < -0.4 is 15.8 Å². The molecule has 19 heavy (non-hydrogen) atoms. The Morgan fingerprint density at radius 2 is 2.00 bits per heavy atom. The zero-order valence-electron chi connectivity index (χ0n) is 11.3. The molecule has 0 aromatic carbocycles. The van der Waals surface area contributed by atoms with Gasteiger partial charge in [0.1, 0.15) is 5.69 Å². The van der Waals surface area contributed by atoms with E-state index in [9.17, 15) is 4.79 Å². The van der Waals surface area contributed by atoms with Gasteiger partial charge in [0, 0.05) is 37.8 Å². The third kappa shape index (κ3) is 1.81. The van der Waals surface area contributed by atoms with Crippen LogP contribution in [-0.4, -0.2) is 30.7 Å². The minimum absolute atomic E-state index is 0.246. The molecule has 0 spiro atoms. The summed E-state index contributed by atoms with van der Waals surface area (Å²) in [5.41, 5.74) is 2.42. The molecule has 2 unspecified atom stereocenters. The maximum atomic E-state index is 12.7. The van der Waals surface area contributed by atoms with E-state index in [-0.39, 0.29) is 5.56 Å². The molecule has 4 heterocycles. The Morgan fingerprint density at radius 3 is 2.84 bits per heavy atom. The fourth-order valence-corrected chi connectivity index (χ4v) is 3.98. The Kier molecular flexibility index (Phi) is 2.65. The molecule has 2 bridgehead atoms. The van der Waals surface area contributed by atoms with Crippen LogP contribution in [0.4, 0.5) is 5.69 Å². The molecule has 1 aromatic rings. The number of hydrogen-bond acceptors (Lipinski definition) is 3. The van der Waals surface area contributed by atoms with Crippen molar-refractivity contribution in [1.82, 2.24) is 9.88 Å². The molecule has 0 aliphatic carbocycles. The van der Waals surface area contributed by atoms with Crippen molar-refractivity contribution >= 4 is 5.69 Å². The van der Waals surface area contributed by atoms with Crippen molar-refractivity contribution in [3.8, 4) is 0 Å². The largest absolute Gasteiger partial charge is 0.367 e. The number of nitrogens with zero attached hydrogens (tertiary/aromatic N) is 2. The van der Waals surface area contributed by atoms with Gasteiger partial charge in [-0.2, -0.15) is 0 Å². The maximum Gasteiger partial charge on any atom is 0.274 e. The summed E-state index contributed by atoms with van der Waals surface area (Å²) in [6, 6.07) is 4.26. The molecule has 2 atom stereocenters. The van der Waals surface area contributed by atoms with Crippen molar-refractivity contribution < 1.29 is 0 Å². The third-order valence-corrected chi connectivity index (χ3v) is 4.94. The van der Waals surface area contributed by atoms with Crippen molar-refractivity contribution in [3.63, 3.8) is 0 Å². The third-order valence-electron chi connectivity index (χ3n) is 4.94. The van der Waals surface area contributed by atoms with E-state index in [4.69, 9.17) is 0 Å². The van der Waals surface area contributed by atoms with Crippen molar-refractivity contribution in [3.05, 3.63) is 28.2 Å². The molecule has 4 nitrogen and oxygen atoms in total. The Labute approximate surface area is 113 Å². The van der Waals surface area contributed by atoms with Gasteiger partial charge < -0.3 is 14.8 Å². The minimum Gasteiger partial charge on any atom is -0.367 e. The van der Waals surface area contributed by atoms with Crippen LogP contribution >= 0.6 is 0 Å². The van der Waals surface area contributed by atoms with Crippen LogP contribution in [0.25, 0.3) is 0 Å². The van der Waals surface area contributed by atoms with Gasteiger partial charge in [-0.25, -0.2) is 0 Å². The molecule has 3 aliphatic rings. The quantitative estimate of drug-likeness (QED) is 0.822. The Bertz CT molecular complexity index is 545. The van der Waals surface area contributed by atoms with Crippen LogP contribution in [0, 0.1) is 5.92 Å². The summed E-state index contributed by atoms with van der Waals surface area (Å²) in [5.74, 6) is 1.17. The van der Waals surface area contributed by atoms with Gasteiger partial charge in [-0.15, -0.1) is 0 Å². The SMILES string of the molecule is O=c1c(N2CCCC2)ccc2n1CC1CNCC2C1. The molecular weight excluding hydrogens is 238 g/mol. The van der Waals surface area contributed by atoms with Crippen LogP contribution in [0.1, 0.15) is 30.9 Å². The van der Waals surface area contributed by atoms with E-state index in [2.05, 4.69) is 26.9 Å². The molecule has 4 rings (SSSR count). The predicted octanol–water partition coefficient (Wildman–Crippen LogP) is 1.16. The number of rotatable bonds is 1. The number of pyridine rings is 1. The number of piperidine rings is 1. The lowest BCUT2D eigenvalue weighted by molar-refractivity contribution is 0.257. The van der Waals surface area contributed by atoms with Crippen LogP contribution in [0.15, 0.2) is 16.9 Å². The highest BCUT2D eigenvalue weighted by Gasteiger charge is 2.31. The standard InChI is InChI=1S/C15H21N3O/c19-15-14(17-5-1-2-6-17)4-3-13-12-7-11(8-16-9-12)10-18(13)15/h3-4,11-12,16H,1-2,5-10H2. The molecule has 0 radical (unpaired) electrons. The molecule has 1 N–H and O–H groups in total. The molecule has 0 saturated carbocycles. The van der Waals surface area contributed by atoms with Gasteiger partial charge in [0.15, 0.2) is 0 Å². The van der Waals surface area contributed by atoms with Crippen LogP contribution in [0.3, 0.4) is 0 Å². The summed E-state index contributed by atoms with van der Waals surface area (Å²) in [5, 5.41) is 3.49.